The van der Waals surface area contributed by atoms with Crippen LogP contribution in [0.25, 0.3) is 0 Å². The maximum atomic E-state index is 10.7. The van der Waals surface area contributed by atoms with Crippen LogP contribution in [0.2, 0.25) is 0 Å². The van der Waals surface area contributed by atoms with E-state index in [1.54, 1.807) is 0 Å². The van der Waals surface area contributed by atoms with E-state index in [2.05, 4.69) is 15.9 Å². The van der Waals surface area contributed by atoms with Crippen molar-refractivity contribution in [3.63, 3.8) is 0 Å². The third kappa shape index (κ3) is 6.78. The number of sulfonamides is 1. The van der Waals surface area contributed by atoms with Crippen molar-refractivity contribution < 1.29 is 13.2 Å². The molecular weight excluding hydrogens is 306 g/mol. The van der Waals surface area contributed by atoms with Crippen LogP contribution >= 0.6 is 15.9 Å². The van der Waals surface area contributed by atoms with Gasteiger partial charge in [0.1, 0.15) is 0 Å². The zero-order valence-corrected chi connectivity index (χ0v) is 11.8. The number of halogens is 1. The molecule has 0 aliphatic carbocycles. The normalized spacial score (nSPS) is 11.6. The van der Waals surface area contributed by atoms with Crippen molar-refractivity contribution in [3.05, 3.63) is 34.3 Å². The van der Waals surface area contributed by atoms with Gasteiger partial charge in [0.25, 0.3) is 0 Å². The molecule has 0 atom stereocenters. The highest BCUT2D eigenvalue weighted by Crippen LogP contribution is 2.16. The molecule has 0 saturated carbocycles. The molecule has 0 spiro atoms. The first-order chi connectivity index (χ1) is 7.99. The number of rotatable bonds is 7. The van der Waals surface area contributed by atoms with Crippen LogP contribution in [0.4, 0.5) is 0 Å². The highest BCUT2D eigenvalue weighted by atomic mass is 79.9. The molecule has 0 amide bonds. The molecule has 0 fully saturated rings. The van der Waals surface area contributed by atoms with Gasteiger partial charge in [-0.15, -0.1) is 0 Å². The molecule has 1 aromatic rings. The predicted molar refractivity (Wildman–Crippen MR) is 71.0 cm³/mol. The molecule has 0 saturated heterocycles. The van der Waals surface area contributed by atoms with Gasteiger partial charge >= 0.3 is 0 Å². The van der Waals surface area contributed by atoms with Gasteiger partial charge in [0, 0.05) is 11.1 Å². The molecule has 0 radical (unpaired) electrons. The summed E-state index contributed by atoms with van der Waals surface area (Å²) in [6.07, 6.45) is 1.23. The molecule has 1 rings (SSSR count). The quantitative estimate of drug-likeness (QED) is 0.781. The van der Waals surface area contributed by atoms with Crippen molar-refractivity contribution in [3.8, 4) is 0 Å². The van der Waals surface area contributed by atoms with Gasteiger partial charge in [0.15, 0.2) is 0 Å². The van der Waals surface area contributed by atoms with Gasteiger partial charge in [-0.05, 0) is 24.5 Å². The van der Waals surface area contributed by atoms with Crippen molar-refractivity contribution in [2.45, 2.75) is 19.4 Å². The Bertz CT molecular complexity index is 448. The van der Waals surface area contributed by atoms with E-state index in [0.717, 1.165) is 10.0 Å². The highest BCUT2D eigenvalue weighted by Gasteiger charge is 2.02. The minimum Gasteiger partial charge on any atom is -0.377 e. The summed E-state index contributed by atoms with van der Waals surface area (Å²) in [7, 11) is -3.33. The van der Waals surface area contributed by atoms with Gasteiger partial charge in [0.05, 0.1) is 12.4 Å². The summed E-state index contributed by atoms with van der Waals surface area (Å²) in [5, 5.41) is 4.89. The predicted octanol–water partition coefficient (Wildman–Crippen LogP) is 2.03. The standard InChI is InChI=1S/C11H16BrNO3S/c12-11-6-2-1-5-10(11)9-16-7-3-4-8-17(13,14)15/h1-2,5-6H,3-4,7-9H2,(H2,13,14,15). The maximum absolute atomic E-state index is 10.7. The van der Waals surface area contributed by atoms with Gasteiger partial charge in [-0.2, -0.15) is 0 Å². The lowest BCUT2D eigenvalue weighted by molar-refractivity contribution is 0.118. The van der Waals surface area contributed by atoms with Gasteiger partial charge in [-0.1, -0.05) is 34.1 Å². The second kappa shape index (κ2) is 7.10. The Morgan fingerprint density at radius 1 is 1.24 bits per heavy atom. The molecule has 96 valence electrons. The zero-order chi connectivity index (χ0) is 12.7. The lowest BCUT2D eigenvalue weighted by Crippen LogP contribution is -2.16. The lowest BCUT2D eigenvalue weighted by Gasteiger charge is -2.05. The summed E-state index contributed by atoms with van der Waals surface area (Å²) < 4.78 is 27.8. The third-order valence-electron chi connectivity index (χ3n) is 2.18. The monoisotopic (exact) mass is 321 g/mol. The van der Waals surface area contributed by atoms with Gasteiger partial charge < -0.3 is 4.74 Å². The number of primary sulfonamides is 1. The van der Waals surface area contributed by atoms with Gasteiger partial charge in [0.2, 0.25) is 10.0 Å². The highest BCUT2D eigenvalue weighted by molar-refractivity contribution is 9.10. The van der Waals surface area contributed by atoms with Crippen LogP contribution in [-0.2, 0) is 21.4 Å². The molecule has 17 heavy (non-hydrogen) atoms. The number of unbranched alkanes of at least 4 members (excludes halogenated alkanes) is 1. The van der Waals surface area contributed by atoms with Crippen LogP contribution in [0.1, 0.15) is 18.4 Å². The smallest absolute Gasteiger partial charge is 0.209 e. The van der Waals surface area contributed by atoms with Crippen molar-refractivity contribution >= 4 is 26.0 Å². The minimum absolute atomic E-state index is 0.0192. The zero-order valence-electron chi connectivity index (χ0n) is 9.43. The fourth-order valence-electron chi connectivity index (χ4n) is 1.30. The number of ether oxygens (including phenoxy) is 1. The van der Waals surface area contributed by atoms with Crippen LogP contribution in [0, 0.1) is 0 Å². The van der Waals surface area contributed by atoms with E-state index in [9.17, 15) is 8.42 Å². The number of benzene rings is 1. The fourth-order valence-corrected chi connectivity index (χ4v) is 2.31. The molecule has 0 aliphatic rings. The van der Waals surface area contributed by atoms with Crippen molar-refractivity contribution in [1.82, 2.24) is 0 Å². The molecule has 0 bridgehead atoms. The molecule has 0 aromatic heterocycles. The fraction of sp³-hybridized carbons (Fsp3) is 0.455. The average Bonchev–Trinajstić information content (AvgIpc) is 2.24. The summed E-state index contributed by atoms with van der Waals surface area (Å²) >= 11 is 3.43. The van der Waals surface area contributed by atoms with E-state index in [-0.39, 0.29) is 5.75 Å². The summed E-state index contributed by atoms with van der Waals surface area (Å²) in [4.78, 5) is 0. The van der Waals surface area contributed by atoms with Crippen molar-refractivity contribution in [2.24, 2.45) is 5.14 Å². The Hall–Kier alpha value is -0.430. The largest absolute Gasteiger partial charge is 0.377 e. The summed E-state index contributed by atoms with van der Waals surface area (Å²) in [5.41, 5.74) is 1.08. The maximum Gasteiger partial charge on any atom is 0.209 e. The molecule has 4 nitrogen and oxygen atoms in total. The number of hydrogen-bond donors (Lipinski definition) is 1. The molecule has 0 unspecified atom stereocenters. The van der Waals surface area contributed by atoms with Crippen LogP contribution < -0.4 is 5.14 Å². The minimum atomic E-state index is -3.33. The first-order valence-electron chi connectivity index (χ1n) is 5.30. The average molecular weight is 322 g/mol. The lowest BCUT2D eigenvalue weighted by atomic mass is 10.2. The first-order valence-corrected chi connectivity index (χ1v) is 7.81. The summed E-state index contributed by atoms with van der Waals surface area (Å²) in [6.45, 7) is 1.06. The van der Waals surface area contributed by atoms with Gasteiger partial charge in [-0.3, -0.25) is 0 Å². The second-order valence-electron chi connectivity index (χ2n) is 3.72. The molecule has 0 heterocycles. The molecule has 2 N–H and O–H groups in total. The third-order valence-corrected chi connectivity index (χ3v) is 3.81. The van der Waals surface area contributed by atoms with Crippen molar-refractivity contribution in [1.29, 1.82) is 0 Å². The van der Waals surface area contributed by atoms with E-state index < -0.39 is 10.0 Å². The first kappa shape index (κ1) is 14.6. The van der Waals surface area contributed by atoms with Crippen molar-refractivity contribution in [2.75, 3.05) is 12.4 Å². The Morgan fingerprint density at radius 3 is 2.59 bits per heavy atom. The van der Waals surface area contributed by atoms with E-state index in [1.165, 1.54) is 0 Å². The Kier molecular flexibility index (Phi) is 6.11. The van der Waals surface area contributed by atoms with E-state index >= 15 is 0 Å². The molecule has 6 heteroatoms. The van der Waals surface area contributed by atoms with Gasteiger partial charge in [-0.25, -0.2) is 13.6 Å². The molecule has 0 aliphatic heterocycles. The van der Waals surface area contributed by atoms with E-state index in [0.29, 0.717) is 26.1 Å². The number of hydrogen-bond acceptors (Lipinski definition) is 3. The number of nitrogens with two attached hydrogens (primary N) is 1. The Morgan fingerprint density at radius 2 is 1.94 bits per heavy atom. The van der Waals surface area contributed by atoms with Crippen LogP contribution in [0.5, 0.6) is 0 Å². The second-order valence-corrected chi connectivity index (χ2v) is 6.31. The summed E-state index contributed by atoms with van der Waals surface area (Å²) in [5.74, 6) is 0.0192. The molecule has 1 aromatic carbocycles. The Balaban J connectivity index is 2.15. The molecular formula is C11H16BrNO3S. The van der Waals surface area contributed by atoms with E-state index in [4.69, 9.17) is 9.88 Å². The van der Waals surface area contributed by atoms with Crippen LogP contribution in [0.15, 0.2) is 28.7 Å². The SMILES string of the molecule is NS(=O)(=O)CCCCOCc1ccccc1Br. The van der Waals surface area contributed by atoms with E-state index in [1.807, 2.05) is 24.3 Å². The Labute approximate surface area is 110 Å². The van der Waals surface area contributed by atoms with Crippen LogP contribution in [0.3, 0.4) is 0 Å². The van der Waals surface area contributed by atoms with Crippen LogP contribution in [-0.4, -0.2) is 20.8 Å². The topological polar surface area (TPSA) is 69.4 Å². The summed E-state index contributed by atoms with van der Waals surface area (Å²) in [6, 6.07) is 7.83.